The first-order chi connectivity index (χ1) is 10.0. The zero-order valence-corrected chi connectivity index (χ0v) is 12.4. The second-order valence-corrected chi connectivity index (χ2v) is 5.28. The molecule has 5 nitrogen and oxygen atoms in total. The van der Waals surface area contributed by atoms with E-state index in [-0.39, 0.29) is 17.0 Å². The average molecular weight is 296 g/mol. The Hall–Kier alpha value is -1.82. The fourth-order valence-corrected chi connectivity index (χ4v) is 2.62. The van der Waals surface area contributed by atoms with Crippen molar-refractivity contribution in [2.45, 2.75) is 25.3 Å². The Labute approximate surface area is 123 Å². The minimum Gasteiger partial charge on any atom is -0.490 e. The SMILES string of the molecule is COC(=O)c1cc(OCCC2CCCN2C)c(F)cc1N. The first-order valence-corrected chi connectivity index (χ1v) is 7.03. The molecule has 0 saturated carbocycles. The van der Waals surface area contributed by atoms with Crippen LogP contribution in [-0.4, -0.2) is 44.2 Å². The Kier molecular flexibility index (Phi) is 5.01. The predicted octanol–water partition coefficient (Wildman–Crippen LogP) is 2.06. The molecule has 0 amide bonds. The van der Waals surface area contributed by atoms with E-state index in [9.17, 15) is 9.18 Å². The van der Waals surface area contributed by atoms with Crippen LogP contribution in [0, 0.1) is 5.82 Å². The van der Waals surface area contributed by atoms with Gasteiger partial charge in [0.2, 0.25) is 0 Å². The quantitative estimate of drug-likeness (QED) is 0.665. The first-order valence-electron chi connectivity index (χ1n) is 7.03. The third-order valence-corrected chi connectivity index (χ3v) is 3.89. The second-order valence-electron chi connectivity index (χ2n) is 5.28. The normalized spacial score (nSPS) is 18.7. The number of benzene rings is 1. The van der Waals surface area contributed by atoms with Crippen molar-refractivity contribution in [3.8, 4) is 5.75 Å². The smallest absolute Gasteiger partial charge is 0.340 e. The zero-order chi connectivity index (χ0) is 15.4. The summed E-state index contributed by atoms with van der Waals surface area (Å²) >= 11 is 0. The standard InChI is InChI=1S/C15H21FN2O3/c1-18-6-3-4-10(18)5-7-21-14-8-11(15(19)20-2)13(17)9-12(14)16/h8-10H,3-7,17H2,1-2H3. The Bertz CT molecular complexity index is 522. The third-order valence-electron chi connectivity index (χ3n) is 3.89. The zero-order valence-electron chi connectivity index (χ0n) is 12.4. The lowest BCUT2D eigenvalue weighted by atomic mass is 10.1. The molecule has 1 unspecified atom stereocenters. The van der Waals surface area contributed by atoms with Gasteiger partial charge in [0.05, 0.1) is 19.3 Å². The third kappa shape index (κ3) is 3.64. The lowest BCUT2D eigenvalue weighted by Crippen LogP contribution is -2.26. The van der Waals surface area contributed by atoms with Gasteiger partial charge in [-0.05, 0) is 38.9 Å². The molecule has 1 aliphatic rings. The van der Waals surface area contributed by atoms with Crippen molar-refractivity contribution in [3.63, 3.8) is 0 Å². The number of esters is 1. The van der Waals surface area contributed by atoms with Crippen LogP contribution in [0.25, 0.3) is 0 Å². The monoisotopic (exact) mass is 296 g/mol. The fraction of sp³-hybridized carbons (Fsp3) is 0.533. The highest BCUT2D eigenvalue weighted by molar-refractivity contribution is 5.95. The van der Waals surface area contributed by atoms with Gasteiger partial charge in [-0.2, -0.15) is 0 Å². The topological polar surface area (TPSA) is 64.8 Å². The number of halogens is 1. The van der Waals surface area contributed by atoms with Crippen molar-refractivity contribution in [3.05, 3.63) is 23.5 Å². The highest BCUT2D eigenvalue weighted by atomic mass is 19.1. The molecule has 1 fully saturated rings. The van der Waals surface area contributed by atoms with Gasteiger partial charge in [-0.15, -0.1) is 0 Å². The van der Waals surface area contributed by atoms with Crippen LogP contribution in [0.2, 0.25) is 0 Å². The number of carbonyl (C=O) groups excluding carboxylic acids is 1. The van der Waals surface area contributed by atoms with Crippen molar-refractivity contribution in [2.75, 3.05) is 33.0 Å². The number of nitrogens with two attached hydrogens (primary N) is 1. The van der Waals surface area contributed by atoms with Crippen LogP contribution in [0.4, 0.5) is 10.1 Å². The van der Waals surface area contributed by atoms with Gasteiger partial charge in [0.15, 0.2) is 11.6 Å². The number of ether oxygens (including phenoxy) is 2. The molecule has 1 heterocycles. The molecule has 0 aromatic heterocycles. The largest absolute Gasteiger partial charge is 0.490 e. The Morgan fingerprint density at radius 2 is 2.29 bits per heavy atom. The number of rotatable bonds is 5. The Morgan fingerprint density at radius 1 is 1.52 bits per heavy atom. The van der Waals surface area contributed by atoms with Crippen LogP contribution in [-0.2, 0) is 4.74 Å². The van der Waals surface area contributed by atoms with Gasteiger partial charge in [0, 0.05) is 17.8 Å². The minimum absolute atomic E-state index is 0.0326. The van der Waals surface area contributed by atoms with Crippen molar-refractivity contribution in [1.29, 1.82) is 0 Å². The number of likely N-dealkylation sites (tertiary alicyclic amines) is 1. The van der Waals surface area contributed by atoms with Gasteiger partial charge < -0.3 is 20.1 Å². The lowest BCUT2D eigenvalue weighted by molar-refractivity contribution is 0.0601. The van der Waals surface area contributed by atoms with E-state index < -0.39 is 11.8 Å². The second kappa shape index (κ2) is 6.76. The summed E-state index contributed by atoms with van der Waals surface area (Å²) in [4.78, 5) is 13.8. The molecule has 116 valence electrons. The van der Waals surface area contributed by atoms with E-state index in [1.54, 1.807) is 0 Å². The lowest BCUT2D eigenvalue weighted by Gasteiger charge is -2.19. The van der Waals surface area contributed by atoms with Gasteiger partial charge >= 0.3 is 5.97 Å². The number of nitrogens with zero attached hydrogens (tertiary/aromatic N) is 1. The Balaban J connectivity index is 2.00. The molecule has 0 bridgehead atoms. The number of hydrogen-bond donors (Lipinski definition) is 1. The van der Waals surface area contributed by atoms with Crippen LogP contribution < -0.4 is 10.5 Å². The molecule has 2 N–H and O–H groups in total. The molecular formula is C15H21FN2O3. The number of methoxy groups -OCH3 is 1. The summed E-state index contributed by atoms with van der Waals surface area (Å²) in [5.41, 5.74) is 5.77. The maximum atomic E-state index is 13.8. The maximum Gasteiger partial charge on any atom is 0.340 e. The molecule has 1 aromatic carbocycles. The summed E-state index contributed by atoms with van der Waals surface area (Å²) in [6.07, 6.45) is 3.15. The van der Waals surface area contributed by atoms with Gasteiger partial charge in [-0.3, -0.25) is 0 Å². The van der Waals surface area contributed by atoms with E-state index in [1.807, 2.05) is 0 Å². The van der Waals surface area contributed by atoms with Crippen LogP contribution in [0.5, 0.6) is 5.75 Å². The highest BCUT2D eigenvalue weighted by Gasteiger charge is 2.21. The van der Waals surface area contributed by atoms with Crippen LogP contribution >= 0.6 is 0 Å². The van der Waals surface area contributed by atoms with E-state index in [4.69, 9.17) is 10.5 Å². The van der Waals surface area contributed by atoms with Gasteiger partial charge in [0.25, 0.3) is 0 Å². The van der Waals surface area contributed by atoms with E-state index >= 15 is 0 Å². The summed E-state index contributed by atoms with van der Waals surface area (Å²) in [5, 5.41) is 0. The van der Waals surface area contributed by atoms with Crippen molar-refractivity contribution >= 4 is 11.7 Å². The molecular weight excluding hydrogens is 275 g/mol. The van der Waals surface area contributed by atoms with Crippen LogP contribution in [0.3, 0.4) is 0 Å². The summed E-state index contributed by atoms with van der Waals surface area (Å²) < 4.78 is 23.9. The number of anilines is 1. The molecule has 0 spiro atoms. The van der Waals surface area contributed by atoms with E-state index in [2.05, 4.69) is 16.7 Å². The molecule has 6 heteroatoms. The summed E-state index contributed by atoms with van der Waals surface area (Å²) in [6.45, 7) is 1.49. The summed E-state index contributed by atoms with van der Waals surface area (Å²) in [5.74, 6) is -1.14. The first kappa shape index (κ1) is 15.6. The number of carbonyl (C=O) groups is 1. The maximum absolute atomic E-state index is 13.8. The predicted molar refractivity (Wildman–Crippen MR) is 77.9 cm³/mol. The Morgan fingerprint density at radius 3 is 2.90 bits per heavy atom. The van der Waals surface area contributed by atoms with Crippen LogP contribution in [0.15, 0.2) is 12.1 Å². The number of hydrogen-bond acceptors (Lipinski definition) is 5. The number of nitrogen functional groups attached to an aromatic ring is 1. The summed E-state index contributed by atoms with van der Waals surface area (Å²) in [6, 6.07) is 2.86. The van der Waals surface area contributed by atoms with Gasteiger partial charge in [0.1, 0.15) is 0 Å². The molecule has 0 radical (unpaired) electrons. The highest BCUT2D eigenvalue weighted by Crippen LogP contribution is 2.25. The minimum atomic E-state index is -0.604. The van der Waals surface area contributed by atoms with Gasteiger partial charge in [-0.25, -0.2) is 9.18 Å². The molecule has 1 aliphatic heterocycles. The van der Waals surface area contributed by atoms with Gasteiger partial charge in [-0.1, -0.05) is 0 Å². The molecule has 1 saturated heterocycles. The molecule has 0 aliphatic carbocycles. The fourth-order valence-electron chi connectivity index (χ4n) is 2.62. The van der Waals surface area contributed by atoms with E-state index in [1.165, 1.54) is 19.6 Å². The molecule has 21 heavy (non-hydrogen) atoms. The van der Waals surface area contributed by atoms with Crippen LogP contribution in [0.1, 0.15) is 29.6 Å². The average Bonchev–Trinajstić information content (AvgIpc) is 2.86. The van der Waals surface area contributed by atoms with E-state index in [0.29, 0.717) is 12.6 Å². The molecule has 1 atom stereocenters. The molecule has 2 rings (SSSR count). The molecule has 1 aromatic rings. The summed E-state index contributed by atoms with van der Waals surface area (Å²) in [7, 11) is 3.33. The van der Waals surface area contributed by atoms with E-state index in [0.717, 1.165) is 25.5 Å². The van der Waals surface area contributed by atoms with Crippen molar-refractivity contribution in [2.24, 2.45) is 0 Å². The van der Waals surface area contributed by atoms with Crippen molar-refractivity contribution in [1.82, 2.24) is 4.90 Å². The van der Waals surface area contributed by atoms with Crippen molar-refractivity contribution < 1.29 is 18.7 Å².